The molecular weight excluding hydrogens is 298 g/mol. The van der Waals surface area contributed by atoms with Gasteiger partial charge in [-0.3, -0.25) is 0 Å². The second kappa shape index (κ2) is 5.95. The molecule has 0 fully saturated rings. The van der Waals surface area contributed by atoms with Gasteiger partial charge in [-0.05, 0) is 24.1 Å². The average Bonchev–Trinajstić information content (AvgIpc) is 2.26. The largest absolute Gasteiger partial charge is 0.465 e. The van der Waals surface area contributed by atoms with Crippen LogP contribution in [-0.2, 0) is 10.1 Å². The van der Waals surface area contributed by atoms with E-state index in [1.54, 1.807) is 13.0 Å². The van der Waals surface area contributed by atoms with Crippen molar-refractivity contribution in [2.45, 2.75) is 18.9 Å². The van der Waals surface area contributed by atoms with E-state index in [2.05, 4.69) is 25.4 Å². The van der Waals surface area contributed by atoms with Gasteiger partial charge in [0, 0.05) is 5.33 Å². The molecule has 0 amide bonds. The molecule has 0 heterocycles. The van der Waals surface area contributed by atoms with Crippen LogP contribution in [0.1, 0.15) is 21.5 Å². The fraction of sp³-hybridized carbons (Fsp3) is 0.364. The molecule has 0 unspecified atom stereocenters. The molecule has 1 rings (SSSR count). The number of esters is 1. The van der Waals surface area contributed by atoms with Crippen LogP contribution in [0.4, 0.5) is 8.78 Å². The van der Waals surface area contributed by atoms with E-state index in [0.29, 0.717) is 10.9 Å². The van der Waals surface area contributed by atoms with Crippen LogP contribution in [0, 0.1) is 6.92 Å². The van der Waals surface area contributed by atoms with E-state index in [4.69, 9.17) is 0 Å². The normalized spacial score (nSPS) is 10.5. The van der Waals surface area contributed by atoms with Crippen LogP contribution in [0.25, 0.3) is 0 Å². The third-order valence-corrected chi connectivity index (χ3v) is 2.68. The smallest absolute Gasteiger partial charge is 0.387 e. The van der Waals surface area contributed by atoms with Crippen LogP contribution in [0.2, 0.25) is 0 Å². The first-order chi connectivity index (χ1) is 7.99. The zero-order chi connectivity index (χ0) is 13.0. The number of carbonyl (C=O) groups is 1. The molecule has 0 aliphatic rings. The maximum atomic E-state index is 12.2. The zero-order valence-electron chi connectivity index (χ0n) is 9.30. The number of rotatable bonds is 4. The van der Waals surface area contributed by atoms with Crippen molar-refractivity contribution in [1.82, 2.24) is 0 Å². The Balaban J connectivity index is 3.33. The molecule has 0 aromatic heterocycles. The molecule has 0 radical (unpaired) electrons. The molecule has 3 nitrogen and oxygen atoms in total. The van der Waals surface area contributed by atoms with Crippen molar-refractivity contribution in [3.05, 3.63) is 28.8 Å². The van der Waals surface area contributed by atoms with Crippen LogP contribution < -0.4 is 4.74 Å². The molecule has 1 aromatic rings. The maximum Gasteiger partial charge on any atom is 0.387 e. The molecule has 0 saturated heterocycles. The highest BCUT2D eigenvalue weighted by Gasteiger charge is 2.20. The second-order valence-electron chi connectivity index (χ2n) is 3.30. The fourth-order valence-corrected chi connectivity index (χ4v) is 1.90. The van der Waals surface area contributed by atoms with Crippen molar-refractivity contribution < 1.29 is 23.0 Å². The summed E-state index contributed by atoms with van der Waals surface area (Å²) in [6.45, 7) is -1.26. The number of alkyl halides is 3. The Morgan fingerprint density at radius 2 is 2.12 bits per heavy atom. The molecule has 17 heavy (non-hydrogen) atoms. The minimum absolute atomic E-state index is 0.0234. The summed E-state index contributed by atoms with van der Waals surface area (Å²) in [5.41, 5.74) is 1.30. The third kappa shape index (κ3) is 3.39. The van der Waals surface area contributed by atoms with Gasteiger partial charge in [0.05, 0.1) is 7.11 Å². The van der Waals surface area contributed by atoms with Gasteiger partial charge in [-0.2, -0.15) is 8.78 Å². The Bertz CT molecular complexity index is 421. The van der Waals surface area contributed by atoms with Gasteiger partial charge in [0.2, 0.25) is 0 Å². The maximum absolute atomic E-state index is 12.2. The number of carbonyl (C=O) groups excluding carboxylic acids is 1. The van der Waals surface area contributed by atoms with Crippen LogP contribution in [0.3, 0.4) is 0 Å². The van der Waals surface area contributed by atoms with Crippen LogP contribution in [0.5, 0.6) is 5.75 Å². The number of ether oxygens (including phenoxy) is 2. The Kier molecular flexibility index (Phi) is 4.86. The van der Waals surface area contributed by atoms with Crippen LogP contribution in [-0.4, -0.2) is 19.7 Å². The van der Waals surface area contributed by atoms with Gasteiger partial charge < -0.3 is 9.47 Å². The predicted octanol–water partition coefficient (Wildman–Crippen LogP) is 3.28. The minimum Gasteiger partial charge on any atom is -0.465 e. The summed E-state index contributed by atoms with van der Waals surface area (Å²) in [5, 5.41) is 0.346. The highest BCUT2D eigenvalue weighted by molar-refractivity contribution is 9.08. The summed E-state index contributed by atoms with van der Waals surface area (Å²) >= 11 is 3.19. The van der Waals surface area contributed by atoms with Crippen molar-refractivity contribution in [1.29, 1.82) is 0 Å². The van der Waals surface area contributed by atoms with Crippen LogP contribution >= 0.6 is 15.9 Å². The number of methoxy groups -OCH3 is 1. The molecule has 6 heteroatoms. The summed E-state index contributed by atoms with van der Waals surface area (Å²) in [7, 11) is 1.19. The summed E-state index contributed by atoms with van der Waals surface area (Å²) in [6.07, 6.45) is 0. The van der Waals surface area contributed by atoms with Gasteiger partial charge in [-0.1, -0.05) is 22.0 Å². The predicted molar refractivity (Wildman–Crippen MR) is 61.8 cm³/mol. The Morgan fingerprint density at radius 1 is 1.47 bits per heavy atom. The van der Waals surface area contributed by atoms with E-state index in [-0.39, 0.29) is 11.3 Å². The molecule has 0 aliphatic carbocycles. The van der Waals surface area contributed by atoms with Crippen molar-refractivity contribution >= 4 is 21.9 Å². The van der Waals surface area contributed by atoms with Crippen molar-refractivity contribution in [2.24, 2.45) is 0 Å². The van der Waals surface area contributed by atoms with Gasteiger partial charge >= 0.3 is 12.6 Å². The quantitative estimate of drug-likeness (QED) is 0.632. The first kappa shape index (κ1) is 13.9. The molecule has 0 N–H and O–H groups in total. The van der Waals surface area contributed by atoms with E-state index in [1.165, 1.54) is 13.2 Å². The SMILES string of the molecule is COC(=O)c1c(CBr)cc(C)cc1OC(F)F. The monoisotopic (exact) mass is 308 g/mol. The number of benzene rings is 1. The van der Waals surface area contributed by atoms with Gasteiger partial charge in [0.15, 0.2) is 0 Å². The Labute approximate surface area is 106 Å². The first-order valence-corrected chi connectivity index (χ1v) is 5.84. The van der Waals surface area contributed by atoms with Gasteiger partial charge in [0.25, 0.3) is 0 Å². The number of aryl methyl sites for hydroxylation is 1. The van der Waals surface area contributed by atoms with Gasteiger partial charge in [-0.25, -0.2) is 4.79 Å². The van der Waals surface area contributed by atoms with E-state index in [9.17, 15) is 13.6 Å². The lowest BCUT2D eigenvalue weighted by Gasteiger charge is -2.13. The number of halogens is 3. The third-order valence-electron chi connectivity index (χ3n) is 2.08. The van der Waals surface area contributed by atoms with Crippen molar-refractivity contribution in [3.63, 3.8) is 0 Å². The Hall–Kier alpha value is -1.17. The molecule has 0 saturated carbocycles. The summed E-state index contributed by atoms with van der Waals surface area (Å²) in [6, 6.07) is 3.09. The topological polar surface area (TPSA) is 35.5 Å². The van der Waals surface area contributed by atoms with Gasteiger partial charge in [0.1, 0.15) is 11.3 Å². The molecule has 0 spiro atoms. The zero-order valence-corrected chi connectivity index (χ0v) is 10.9. The summed E-state index contributed by atoms with van der Waals surface area (Å²) < 4.78 is 33.4. The summed E-state index contributed by atoms with van der Waals surface area (Å²) in [4.78, 5) is 11.5. The lowest BCUT2D eigenvalue weighted by Crippen LogP contribution is -2.12. The van der Waals surface area contributed by atoms with Crippen LogP contribution in [0.15, 0.2) is 12.1 Å². The second-order valence-corrected chi connectivity index (χ2v) is 3.86. The Morgan fingerprint density at radius 3 is 2.59 bits per heavy atom. The minimum atomic E-state index is -2.98. The molecular formula is C11H11BrF2O3. The van der Waals surface area contributed by atoms with Crippen molar-refractivity contribution in [2.75, 3.05) is 7.11 Å². The van der Waals surface area contributed by atoms with E-state index in [0.717, 1.165) is 5.56 Å². The van der Waals surface area contributed by atoms with Gasteiger partial charge in [-0.15, -0.1) is 0 Å². The standard InChI is InChI=1S/C11H11BrF2O3/c1-6-3-7(5-12)9(10(15)16-2)8(4-6)17-11(13)14/h3-4,11H,5H2,1-2H3. The van der Waals surface area contributed by atoms with Crippen molar-refractivity contribution in [3.8, 4) is 5.75 Å². The van der Waals surface area contributed by atoms with E-state index in [1.807, 2.05) is 0 Å². The highest BCUT2D eigenvalue weighted by Crippen LogP contribution is 2.28. The molecule has 0 atom stereocenters. The number of hydrogen-bond acceptors (Lipinski definition) is 3. The first-order valence-electron chi connectivity index (χ1n) is 4.72. The summed E-state index contributed by atoms with van der Waals surface area (Å²) in [5.74, 6) is -0.864. The molecule has 0 aliphatic heterocycles. The molecule has 0 bridgehead atoms. The fourth-order valence-electron chi connectivity index (χ4n) is 1.45. The van der Waals surface area contributed by atoms with E-state index >= 15 is 0 Å². The number of hydrogen-bond donors (Lipinski definition) is 0. The lowest BCUT2D eigenvalue weighted by atomic mass is 10.0. The lowest BCUT2D eigenvalue weighted by molar-refractivity contribution is -0.0504. The highest BCUT2D eigenvalue weighted by atomic mass is 79.9. The average molecular weight is 309 g/mol. The molecule has 1 aromatic carbocycles. The van der Waals surface area contributed by atoms with E-state index < -0.39 is 12.6 Å². The molecule has 94 valence electrons.